The average Bonchev–Trinajstić information content (AvgIpc) is 2.33. The molecule has 1 amide bonds. The Balaban J connectivity index is 2.82. The van der Waals surface area contributed by atoms with Crippen molar-refractivity contribution >= 4 is 11.9 Å². The predicted molar refractivity (Wildman–Crippen MR) is 75.7 cm³/mol. The average molecular weight is 276 g/mol. The molecular formula is C16H22NO3-. The van der Waals surface area contributed by atoms with Crippen LogP contribution in [0.15, 0.2) is 24.3 Å². The zero-order chi connectivity index (χ0) is 15.3. The zero-order valence-corrected chi connectivity index (χ0v) is 12.6. The summed E-state index contributed by atoms with van der Waals surface area (Å²) < 4.78 is 0. The molecule has 20 heavy (non-hydrogen) atoms. The fourth-order valence-corrected chi connectivity index (χ4v) is 1.92. The molecule has 0 aliphatic heterocycles. The van der Waals surface area contributed by atoms with Crippen LogP contribution >= 0.6 is 0 Å². The summed E-state index contributed by atoms with van der Waals surface area (Å²) in [5, 5.41) is 10.5. The third-order valence-corrected chi connectivity index (χ3v) is 3.12. The second-order valence-corrected chi connectivity index (χ2v) is 6.01. The van der Waals surface area contributed by atoms with Crippen molar-refractivity contribution in [3.8, 4) is 0 Å². The maximum atomic E-state index is 12.2. The summed E-state index contributed by atoms with van der Waals surface area (Å²) in [5.74, 6) is -1.36. The molecule has 0 saturated heterocycles. The first-order valence-electron chi connectivity index (χ1n) is 6.76. The van der Waals surface area contributed by atoms with Gasteiger partial charge in [0.25, 0.3) is 0 Å². The van der Waals surface area contributed by atoms with Gasteiger partial charge in [0.2, 0.25) is 5.91 Å². The highest BCUT2D eigenvalue weighted by Gasteiger charge is 2.26. The first-order chi connectivity index (χ1) is 9.20. The van der Waals surface area contributed by atoms with Crippen molar-refractivity contribution in [1.82, 2.24) is 4.90 Å². The fourth-order valence-electron chi connectivity index (χ4n) is 1.92. The summed E-state index contributed by atoms with van der Waals surface area (Å²) in [5.41, 5.74) is 1.85. The van der Waals surface area contributed by atoms with Crippen LogP contribution in [0.2, 0.25) is 0 Å². The van der Waals surface area contributed by atoms with Crippen LogP contribution in [-0.4, -0.2) is 22.3 Å². The van der Waals surface area contributed by atoms with Gasteiger partial charge in [0, 0.05) is 24.5 Å². The smallest absolute Gasteiger partial charge is 0.223 e. The number of hydrogen-bond donors (Lipinski definition) is 0. The minimum absolute atomic E-state index is 0.0224. The first-order valence-corrected chi connectivity index (χ1v) is 6.76. The first kappa shape index (κ1) is 16.2. The number of carbonyl (C=O) groups is 2. The zero-order valence-electron chi connectivity index (χ0n) is 12.6. The van der Waals surface area contributed by atoms with Crippen LogP contribution in [0.5, 0.6) is 0 Å². The number of amides is 1. The van der Waals surface area contributed by atoms with Crippen molar-refractivity contribution in [2.75, 3.05) is 0 Å². The van der Waals surface area contributed by atoms with Crippen molar-refractivity contribution in [3.63, 3.8) is 0 Å². The lowest BCUT2D eigenvalue weighted by Gasteiger charge is -2.36. The van der Waals surface area contributed by atoms with Gasteiger partial charge < -0.3 is 14.8 Å². The van der Waals surface area contributed by atoms with Crippen molar-refractivity contribution < 1.29 is 14.7 Å². The molecule has 1 rings (SSSR count). The number of benzene rings is 1. The third-order valence-electron chi connectivity index (χ3n) is 3.12. The van der Waals surface area contributed by atoms with Crippen LogP contribution in [0.25, 0.3) is 0 Å². The van der Waals surface area contributed by atoms with Gasteiger partial charge in [-0.15, -0.1) is 0 Å². The molecule has 1 aromatic rings. The Hall–Kier alpha value is -1.84. The third kappa shape index (κ3) is 5.03. The SMILES string of the molecule is Cc1ccc(CN(C(=O)CCC(=O)[O-])C(C)(C)C)cc1. The second-order valence-electron chi connectivity index (χ2n) is 6.01. The Morgan fingerprint density at radius 2 is 1.65 bits per heavy atom. The van der Waals surface area contributed by atoms with E-state index in [1.54, 1.807) is 4.90 Å². The van der Waals surface area contributed by atoms with Crippen molar-refractivity contribution in [2.45, 2.75) is 52.6 Å². The molecule has 1 aromatic carbocycles. The number of aliphatic carboxylic acids is 1. The summed E-state index contributed by atoms with van der Waals surface area (Å²) in [4.78, 5) is 24.4. The number of aryl methyl sites for hydroxylation is 1. The van der Waals surface area contributed by atoms with Crippen molar-refractivity contribution in [2.24, 2.45) is 0 Å². The van der Waals surface area contributed by atoms with E-state index in [1.807, 2.05) is 52.0 Å². The van der Waals surface area contributed by atoms with E-state index in [4.69, 9.17) is 0 Å². The van der Waals surface area contributed by atoms with Crippen LogP contribution in [0.1, 0.15) is 44.7 Å². The van der Waals surface area contributed by atoms with E-state index in [1.165, 1.54) is 5.56 Å². The van der Waals surface area contributed by atoms with Crippen LogP contribution in [-0.2, 0) is 16.1 Å². The lowest BCUT2D eigenvalue weighted by molar-refractivity contribution is -0.305. The molecule has 0 aromatic heterocycles. The number of hydrogen-bond acceptors (Lipinski definition) is 3. The van der Waals surface area contributed by atoms with E-state index in [0.717, 1.165) is 5.56 Å². The highest BCUT2D eigenvalue weighted by atomic mass is 16.4. The van der Waals surface area contributed by atoms with E-state index in [0.29, 0.717) is 6.54 Å². The Morgan fingerprint density at radius 1 is 1.10 bits per heavy atom. The molecule has 0 heterocycles. The van der Waals surface area contributed by atoms with Gasteiger partial charge >= 0.3 is 0 Å². The van der Waals surface area contributed by atoms with Crippen LogP contribution in [0.3, 0.4) is 0 Å². The molecule has 0 radical (unpaired) electrons. The molecule has 0 fully saturated rings. The van der Waals surface area contributed by atoms with Gasteiger partial charge in [-0.2, -0.15) is 0 Å². The molecule has 0 atom stereocenters. The normalized spacial score (nSPS) is 11.2. The van der Waals surface area contributed by atoms with Crippen molar-refractivity contribution in [3.05, 3.63) is 35.4 Å². The number of nitrogens with zero attached hydrogens (tertiary/aromatic N) is 1. The van der Waals surface area contributed by atoms with E-state index in [9.17, 15) is 14.7 Å². The molecule has 0 aliphatic carbocycles. The molecule has 4 heteroatoms. The Morgan fingerprint density at radius 3 is 2.10 bits per heavy atom. The summed E-state index contributed by atoms with van der Waals surface area (Å²) in [6, 6.07) is 7.98. The minimum atomic E-state index is -1.19. The molecule has 110 valence electrons. The van der Waals surface area contributed by atoms with Gasteiger partial charge in [-0.3, -0.25) is 4.79 Å². The molecule has 0 spiro atoms. The van der Waals surface area contributed by atoms with Gasteiger partial charge in [0.05, 0.1) is 0 Å². The maximum Gasteiger partial charge on any atom is 0.223 e. The van der Waals surface area contributed by atoms with E-state index < -0.39 is 5.97 Å². The molecule has 0 saturated carbocycles. The largest absolute Gasteiger partial charge is 0.550 e. The summed E-state index contributed by atoms with van der Waals surface area (Å²) >= 11 is 0. The van der Waals surface area contributed by atoms with Gasteiger partial charge in [-0.05, 0) is 39.7 Å². The fraction of sp³-hybridized carbons (Fsp3) is 0.500. The van der Waals surface area contributed by atoms with E-state index in [2.05, 4.69) is 0 Å². The van der Waals surface area contributed by atoms with Crippen LogP contribution in [0.4, 0.5) is 0 Å². The molecular weight excluding hydrogens is 254 g/mol. The number of rotatable bonds is 5. The highest BCUT2D eigenvalue weighted by Crippen LogP contribution is 2.19. The standard InChI is InChI=1S/C16H23NO3/c1-12-5-7-13(8-6-12)11-17(16(2,3)4)14(18)9-10-15(19)20/h5-8H,9-11H2,1-4H3,(H,19,20)/p-1. The van der Waals surface area contributed by atoms with Gasteiger partial charge in [-0.25, -0.2) is 0 Å². The van der Waals surface area contributed by atoms with Crippen LogP contribution < -0.4 is 5.11 Å². The Kier molecular flexibility index (Phi) is 5.31. The van der Waals surface area contributed by atoms with Gasteiger partial charge in [0.1, 0.15) is 0 Å². The lowest BCUT2D eigenvalue weighted by atomic mass is 10.0. The molecule has 0 aliphatic rings. The summed E-state index contributed by atoms with van der Waals surface area (Å²) in [6.07, 6.45) is -0.259. The van der Waals surface area contributed by atoms with Gasteiger partial charge in [0.15, 0.2) is 0 Å². The highest BCUT2D eigenvalue weighted by molar-refractivity contribution is 5.80. The quantitative estimate of drug-likeness (QED) is 0.821. The topological polar surface area (TPSA) is 60.4 Å². The Bertz CT molecular complexity index is 471. The molecule has 4 nitrogen and oxygen atoms in total. The summed E-state index contributed by atoms with van der Waals surface area (Å²) in [7, 11) is 0. The minimum Gasteiger partial charge on any atom is -0.550 e. The molecule has 0 N–H and O–H groups in total. The van der Waals surface area contributed by atoms with E-state index in [-0.39, 0.29) is 24.3 Å². The molecule has 0 unspecified atom stereocenters. The second kappa shape index (κ2) is 6.55. The number of carboxylic acids is 1. The van der Waals surface area contributed by atoms with Crippen LogP contribution in [0, 0.1) is 6.92 Å². The monoisotopic (exact) mass is 276 g/mol. The molecule has 0 bridgehead atoms. The number of carbonyl (C=O) groups excluding carboxylic acids is 2. The number of carboxylic acid groups (broad SMARTS) is 1. The lowest BCUT2D eigenvalue weighted by Crippen LogP contribution is -2.45. The maximum absolute atomic E-state index is 12.2. The van der Waals surface area contributed by atoms with Crippen molar-refractivity contribution in [1.29, 1.82) is 0 Å². The van der Waals surface area contributed by atoms with E-state index >= 15 is 0 Å². The predicted octanol–water partition coefficient (Wildman–Crippen LogP) is 1.65. The summed E-state index contributed by atoms with van der Waals surface area (Å²) in [6.45, 7) is 8.32. The van der Waals surface area contributed by atoms with Gasteiger partial charge in [-0.1, -0.05) is 29.8 Å². The Labute approximate surface area is 120 Å².